The Kier molecular flexibility index (Phi) is 30.7. The maximum Gasteiger partial charge on any atom is 0.101 e. The number of nitrogens with zero attached hydrogens (tertiary/aromatic N) is 2. The molecule has 0 N–H and O–H groups in total. The molecule has 0 fully saturated rings. The Balaban J connectivity index is 2.01. The van der Waals surface area contributed by atoms with Crippen LogP contribution in [0.1, 0.15) is 233 Å². The third-order valence-corrected chi connectivity index (χ3v) is 10.1. The summed E-state index contributed by atoms with van der Waals surface area (Å²) >= 11 is 0. The predicted molar refractivity (Wildman–Crippen MR) is 196 cm³/mol. The van der Waals surface area contributed by atoms with Crippen molar-refractivity contribution < 1.29 is 0 Å². The SMILES string of the molecule is CCCCCCCCCCCCCCCCCC1N(CCCC)C=CN1CCCCCCCCCCCCCCCCC. The minimum Gasteiger partial charge on any atom is -0.356 e. The van der Waals surface area contributed by atoms with Crippen LogP contribution < -0.4 is 0 Å². The molecule has 0 radical (unpaired) electrons. The molecule has 1 unspecified atom stereocenters. The van der Waals surface area contributed by atoms with Crippen molar-refractivity contribution in [2.24, 2.45) is 0 Å². The molecule has 0 aromatic rings. The molecule has 1 rings (SSSR count). The van der Waals surface area contributed by atoms with Crippen LogP contribution >= 0.6 is 0 Å². The molecular weight excluding hydrogens is 520 g/mol. The molecule has 256 valence electrons. The quantitative estimate of drug-likeness (QED) is 0.0666. The number of hydrogen-bond donors (Lipinski definition) is 0. The predicted octanol–water partition coefficient (Wildman–Crippen LogP) is 14.3. The van der Waals surface area contributed by atoms with Crippen LogP contribution in [-0.2, 0) is 0 Å². The molecule has 1 heterocycles. The molecule has 0 aromatic heterocycles. The molecule has 0 aliphatic carbocycles. The second-order valence-corrected chi connectivity index (χ2v) is 14.3. The molecule has 0 saturated heterocycles. The molecule has 1 aliphatic rings. The van der Waals surface area contributed by atoms with Crippen LogP contribution in [0.25, 0.3) is 0 Å². The summed E-state index contributed by atoms with van der Waals surface area (Å²) in [5.41, 5.74) is 0. The summed E-state index contributed by atoms with van der Waals surface area (Å²) < 4.78 is 0. The standard InChI is InChI=1S/C41H82N2/c1-4-7-10-12-14-16-18-20-22-24-26-28-30-32-34-36-41-42(37-9-6-3)39-40-43(41)38-35-33-31-29-27-25-23-21-19-17-15-13-11-8-5-2/h39-41H,4-38H2,1-3H3. The number of unbranched alkanes of at least 4 members (excludes halogenated alkanes) is 29. The van der Waals surface area contributed by atoms with Crippen LogP contribution in [0.2, 0.25) is 0 Å². The average Bonchev–Trinajstić information content (AvgIpc) is 3.40. The first-order chi connectivity index (χ1) is 21.3. The lowest BCUT2D eigenvalue weighted by atomic mass is 10.0. The Hall–Kier alpha value is -0.660. The van der Waals surface area contributed by atoms with Crippen molar-refractivity contribution in [2.45, 2.75) is 239 Å². The van der Waals surface area contributed by atoms with Gasteiger partial charge < -0.3 is 9.80 Å². The van der Waals surface area contributed by atoms with Gasteiger partial charge in [-0.2, -0.15) is 0 Å². The largest absolute Gasteiger partial charge is 0.356 e. The van der Waals surface area contributed by atoms with Crippen LogP contribution in [0, 0.1) is 0 Å². The smallest absolute Gasteiger partial charge is 0.101 e. The Morgan fingerprint density at radius 2 is 0.558 bits per heavy atom. The summed E-state index contributed by atoms with van der Waals surface area (Å²) in [5.74, 6) is 0. The van der Waals surface area contributed by atoms with Crippen LogP contribution in [0.4, 0.5) is 0 Å². The summed E-state index contributed by atoms with van der Waals surface area (Å²) in [4.78, 5) is 5.36. The average molecular weight is 603 g/mol. The third kappa shape index (κ3) is 25.2. The van der Waals surface area contributed by atoms with Crippen LogP contribution in [0.5, 0.6) is 0 Å². The second kappa shape index (κ2) is 32.7. The highest BCUT2D eigenvalue weighted by Gasteiger charge is 2.24. The van der Waals surface area contributed by atoms with Gasteiger partial charge in [0.1, 0.15) is 6.17 Å². The summed E-state index contributed by atoms with van der Waals surface area (Å²) in [5, 5.41) is 0. The molecule has 0 amide bonds. The highest BCUT2D eigenvalue weighted by Crippen LogP contribution is 2.24. The normalized spacial score (nSPS) is 14.9. The molecule has 43 heavy (non-hydrogen) atoms. The van der Waals surface area contributed by atoms with Crippen LogP contribution in [0.3, 0.4) is 0 Å². The van der Waals surface area contributed by atoms with E-state index in [-0.39, 0.29) is 0 Å². The van der Waals surface area contributed by atoms with Gasteiger partial charge in [-0.25, -0.2) is 0 Å². The van der Waals surface area contributed by atoms with E-state index in [2.05, 4.69) is 43.0 Å². The van der Waals surface area contributed by atoms with E-state index in [4.69, 9.17) is 0 Å². The van der Waals surface area contributed by atoms with E-state index < -0.39 is 0 Å². The van der Waals surface area contributed by atoms with Gasteiger partial charge in [-0.3, -0.25) is 0 Å². The maximum atomic E-state index is 2.70. The summed E-state index contributed by atoms with van der Waals surface area (Å²) in [6.07, 6.45) is 53.0. The van der Waals surface area contributed by atoms with Gasteiger partial charge in [-0.1, -0.05) is 207 Å². The van der Waals surface area contributed by atoms with Gasteiger partial charge in [-0.05, 0) is 25.7 Å². The first-order valence-corrected chi connectivity index (χ1v) is 20.5. The fraction of sp³-hybridized carbons (Fsp3) is 0.951. The van der Waals surface area contributed by atoms with Gasteiger partial charge in [0.25, 0.3) is 0 Å². The van der Waals surface area contributed by atoms with E-state index in [1.54, 1.807) is 0 Å². The first-order valence-electron chi connectivity index (χ1n) is 20.5. The van der Waals surface area contributed by atoms with E-state index in [1.807, 2.05) is 0 Å². The second-order valence-electron chi connectivity index (χ2n) is 14.3. The van der Waals surface area contributed by atoms with E-state index in [0.29, 0.717) is 6.17 Å². The maximum absolute atomic E-state index is 2.70. The Labute approximate surface area is 273 Å². The molecule has 2 heteroatoms. The van der Waals surface area contributed by atoms with E-state index in [0.717, 1.165) is 0 Å². The summed E-state index contributed by atoms with van der Waals surface area (Å²) in [6.45, 7) is 9.46. The molecule has 2 nitrogen and oxygen atoms in total. The van der Waals surface area contributed by atoms with Gasteiger partial charge in [0, 0.05) is 25.5 Å². The van der Waals surface area contributed by atoms with Gasteiger partial charge >= 0.3 is 0 Å². The zero-order chi connectivity index (χ0) is 30.9. The van der Waals surface area contributed by atoms with E-state index in [1.165, 1.54) is 225 Å². The minimum atomic E-state index is 0.639. The van der Waals surface area contributed by atoms with Gasteiger partial charge in [0.05, 0.1) is 0 Å². The topological polar surface area (TPSA) is 6.48 Å². The molecule has 0 aromatic carbocycles. The molecule has 0 spiro atoms. The van der Waals surface area contributed by atoms with Crippen molar-refractivity contribution in [2.75, 3.05) is 13.1 Å². The summed E-state index contributed by atoms with van der Waals surface area (Å²) in [7, 11) is 0. The molecule has 0 saturated carbocycles. The lowest BCUT2D eigenvalue weighted by molar-refractivity contribution is 0.136. The number of hydrogen-bond acceptors (Lipinski definition) is 2. The summed E-state index contributed by atoms with van der Waals surface area (Å²) in [6, 6.07) is 0. The van der Waals surface area contributed by atoms with Gasteiger partial charge in [0.2, 0.25) is 0 Å². The fourth-order valence-corrected chi connectivity index (χ4v) is 7.04. The lowest BCUT2D eigenvalue weighted by Crippen LogP contribution is -2.39. The van der Waals surface area contributed by atoms with E-state index in [9.17, 15) is 0 Å². The van der Waals surface area contributed by atoms with Crippen molar-refractivity contribution in [3.63, 3.8) is 0 Å². The van der Waals surface area contributed by atoms with Crippen molar-refractivity contribution in [3.05, 3.63) is 12.4 Å². The van der Waals surface area contributed by atoms with Crippen LogP contribution in [-0.4, -0.2) is 29.1 Å². The zero-order valence-electron chi connectivity index (χ0n) is 30.4. The first kappa shape index (κ1) is 40.4. The minimum absolute atomic E-state index is 0.639. The van der Waals surface area contributed by atoms with Gasteiger partial charge in [-0.15, -0.1) is 0 Å². The van der Waals surface area contributed by atoms with Gasteiger partial charge in [0.15, 0.2) is 0 Å². The van der Waals surface area contributed by atoms with E-state index >= 15 is 0 Å². The van der Waals surface area contributed by atoms with Crippen LogP contribution in [0.15, 0.2) is 12.4 Å². The Morgan fingerprint density at radius 3 is 0.884 bits per heavy atom. The number of rotatable bonds is 35. The Bertz CT molecular complexity index is 558. The third-order valence-electron chi connectivity index (χ3n) is 10.1. The van der Waals surface area contributed by atoms with Crippen molar-refractivity contribution in [3.8, 4) is 0 Å². The van der Waals surface area contributed by atoms with Crippen molar-refractivity contribution >= 4 is 0 Å². The van der Waals surface area contributed by atoms with Crippen molar-refractivity contribution in [1.29, 1.82) is 0 Å². The Morgan fingerprint density at radius 1 is 0.302 bits per heavy atom. The highest BCUT2D eigenvalue weighted by molar-refractivity contribution is 4.96. The fourth-order valence-electron chi connectivity index (χ4n) is 7.04. The zero-order valence-corrected chi connectivity index (χ0v) is 30.4. The molecular formula is C41H82N2. The van der Waals surface area contributed by atoms with Crippen molar-refractivity contribution in [1.82, 2.24) is 9.80 Å². The highest BCUT2D eigenvalue weighted by atomic mass is 15.4. The monoisotopic (exact) mass is 603 g/mol. The molecule has 1 aliphatic heterocycles. The molecule has 0 bridgehead atoms. The lowest BCUT2D eigenvalue weighted by Gasteiger charge is -2.33. The molecule has 1 atom stereocenters.